The maximum absolute atomic E-state index is 13.2. The highest BCUT2D eigenvalue weighted by Gasteiger charge is 2.24. The number of rotatable bonds is 5. The monoisotopic (exact) mass is 409 g/mol. The third kappa shape index (κ3) is 4.41. The Kier molecular flexibility index (Phi) is 5.79. The van der Waals surface area contributed by atoms with Crippen molar-refractivity contribution in [2.45, 2.75) is 39.3 Å². The molecule has 29 heavy (non-hydrogen) atoms. The molecule has 0 bridgehead atoms. The number of ether oxygens (including phenoxy) is 1. The molecular formula is C23H24ClN3O2. The minimum Gasteiger partial charge on any atom is -0.376 e. The Hall–Kier alpha value is -2.50. The van der Waals surface area contributed by atoms with Gasteiger partial charge in [-0.25, -0.2) is 4.98 Å². The molecule has 0 spiro atoms. The van der Waals surface area contributed by atoms with Gasteiger partial charge in [-0.15, -0.1) is 0 Å². The lowest BCUT2D eigenvalue weighted by Gasteiger charge is -2.26. The number of hydrogen-bond donors (Lipinski definition) is 0. The fourth-order valence-electron chi connectivity index (χ4n) is 3.92. The predicted molar refractivity (Wildman–Crippen MR) is 114 cm³/mol. The van der Waals surface area contributed by atoms with Crippen molar-refractivity contribution in [2.24, 2.45) is 0 Å². The molecular weight excluding hydrogens is 386 g/mol. The quantitative estimate of drug-likeness (QED) is 0.572. The van der Waals surface area contributed by atoms with Crippen LogP contribution >= 0.6 is 11.6 Å². The zero-order valence-corrected chi connectivity index (χ0v) is 17.4. The van der Waals surface area contributed by atoms with Crippen LogP contribution in [0.1, 0.15) is 39.9 Å². The molecule has 2 aromatic heterocycles. The zero-order chi connectivity index (χ0) is 20.4. The molecule has 1 atom stereocenters. The lowest BCUT2D eigenvalue weighted by Crippen LogP contribution is -2.37. The Morgan fingerprint density at radius 1 is 1.24 bits per heavy atom. The summed E-state index contributed by atoms with van der Waals surface area (Å²) >= 11 is 6.54. The fourth-order valence-corrected chi connectivity index (χ4v) is 4.12. The highest BCUT2D eigenvalue weighted by molar-refractivity contribution is 6.30. The van der Waals surface area contributed by atoms with Crippen LogP contribution in [0.5, 0.6) is 0 Å². The van der Waals surface area contributed by atoms with Crippen LogP contribution in [0, 0.1) is 13.8 Å². The minimum absolute atomic E-state index is 0.0532. The van der Waals surface area contributed by atoms with E-state index in [0.717, 1.165) is 41.5 Å². The number of hydrogen-bond acceptors (Lipinski definition) is 4. The molecule has 0 unspecified atom stereocenters. The first-order valence-corrected chi connectivity index (χ1v) is 10.3. The van der Waals surface area contributed by atoms with Gasteiger partial charge in [-0.05, 0) is 56.5 Å². The molecule has 0 saturated carbocycles. The van der Waals surface area contributed by atoms with Gasteiger partial charge in [0, 0.05) is 48.6 Å². The van der Waals surface area contributed by atoms with Gasteiger partial charge in [-0.1, -0.05) is 23.2 Å². The summed E-state index contributed by atoms with van der Waals surface area (Å²) in [5.74, 6) is -0.0560. The number of pyridine rings is 2. The molecule has 0 N–H and O–H groups in total. The molecule has 3 heterocycles. The Bertz CT molecular complexity index is 1030. The van der Waals surface area contributed by atoms with Crippen LogP contribution in [0.25, 0.3) is 10.9 Å². The Labute approximate surface area is 175 Å². The van der Waals surface area contributed by atoms with Gasteiger partial charge in [0.2, 0.25) is 0 Å². The Balaban J connectivity index is 1.67. The molecule has 3 aromatic rings. The highest BCUT2D eigenvalue weighted by atomic mass is 35.5. The topological polar surface area (TPSA) is 55.3 Å². The van der Waals surface area contributed by atoms with Gasteiger partial charge in [0.05, 0.1) is 11.6 Å². The van der Waals surface area contributed by atoms with Crippen molar-refractivity contribution in [3.8, 4) is 0 Å². The number of aryl methyl sites for hydroxylation is 2. The number of nitrogens with zero attached hydrogens (tertiary/aromatic N) is 3. The number of amides is 1. The first kappa shape index (κ1) is 19.8. The van der Waals surface area contributed by atoms with Gasteiger partial charge in [0.25, 0.3) is 5.91 Å². The van der Waals surface area contributed by atoms with Crippen LogP contribution in [0.2, 0.25) is 5.15 Å². The second-order valence-electron chi connectivity index (χ2n) is 7.65. The molecule has 6 heteroatoms. The summed E-state index contributed by atoms with van der Waals surface area (Å²) in [5.41, 5.74) is 4.61. The molecule has 1 saturated heterocycles. The summed E-state index contributed by atoms with van der Waals surface area (Å²) in [6.07, 6.45) is 5.31. The smallest absolute Gasteiger partial charge is 0.254 e. The zero-order valence-electron chi connectivity index (χ0n) is 16.7. The van der Waals surface area contributed by atoms with Crippen molar-refractivity contribution < 1.29 is 9.53 Å². The molecule has 0 radical (unpaired) electrons. The number of halogens is 1. The van der Waals surface area contributed by atoms with Gasteiger partial charge in [0.15, 0.2) is 0 Å². The normalized spacial score (nSPS) is 16.3. The average Bonchev–Trinajstić information content (AvgIpc) is 3.22. The van der Waals surface area contributed by atoms with Gasteiger partial charge in [-0.3, -0.25) is 9.78 Å². The molecule has 1 aromatic carbocycles. The van der Waals surface area contributed by atoms with E-state index in [1.807, 2.05) is 17.9 Å². The van der Waals surface area contributed by atoms with Gasteiger partial charge >= 0.3 is 0 Å². The third-order valence-corrected chi connectivity index (χ3v) is 5.63. The van der Waals surface area contributed by atoms with E-state index in [1.165, 1.54) is 5.56 Å². The van der Waals surface area contributed by atoms with E-state index in [9.17, 15) is 4.79 Å². The number of carbonyl (C=O) groups excluding carboxylic acids is 1. The van der Waals surface area contributed by atoms with Gasteiger partial charge in [0.1, 0.15) is 5.15 Å². The van der Waals surface area contributed by atoms with E-state index < -0.39 is 0 Å². The van der Waals surface area contributed by atoms with Crippen LogP contribution in [0.15, 0.2) is 42.7 Å². The average molecular weight is 410 g/mol. The van der Waals surface area contributed by atoms with E-state index in [2.05, 4.69) is 29.0 Å². The van der Waals surface area contributed by atoms with Crippen LogP contribution < -0.4 is 0 Å². The standard InChI is InChI=1S/C23H24ClN3O2/c1-15-10-16(2)21-18(11-15)12-19(22(24)26-21)13-27(14-20-4-3-9-29-20)23(28)17-5-7-25-8-6-17/h5-8,10-12,20H,3-4,9,13-14H2,1-2H3/t20-/m0/s1. The first-order valence-electron chi connectivity index (χ1n) is 9.88. The van der Waals surface area contributed by atoms with E-state index in [4.69, 9.17) is 16.3 Å². The van der Waals surface area contributed by atoms with Crippen LogP contribution in [-0.4, -0.2) is 40.0 Å². The summed E-state index contributed by atoms with van der Waals surface area (Å²) in [5, 5.41) is 1.47. The summed E-state index contributed by atoms with van der Waals surface area (Å²) in [6.45, 7) is 5.77. The number of benzene rings is 1. The number of carbonyl (C=O) groups is 1. The summed E-state index contributed by atoms with van der Waals surface area (Å²) in [6, 6.07) is 9.72. The lowest BCUT2D eigenvalue weighted by atomic mass is 10.0. The van der Waals surface area contributed by atoms with Gasteiger partial charge in [-0.2, -0.15) is 0 Å². The Morgan fingerprint density at radius 2 is 2.03 bits per heavy atom. The SMILES string of the molecule is Cc1cc(C)c2nc(Cl)c(CN(C[C@@H]3CCCO3)C(=O)c3ccncc3)cc2c1. The van der Waals surface area contributed by atoms with E-state index in [1.54, 1.807) is 24.5 Å². The van der Waals surface area contributed by atoms with E-state index >= 15 is 0 Å². The molecule has 1 fully saturated rings. The van der Waals surface area contributed by atoms with Crippen molar-refractivity contribution in [2.75, 3.05) is 13.2 Å². The molecule has 4 rings (SSSR count). The van der Waals surface area contributed by atoms with Crippen molar-refractivity contribution in [3.05, 3.63) is 70.1 Å². The predicted octanol–water partition coefficient (Wildman–Crippen LogP) is 4.72. The molecule has 1 aliphatic rings. The van der Waals surface area contributed by atoms with E-state index in [0.29, 0.717) is 23.8 Å². The van der Waals surface area contributed by atoms with Crippen LogP contribution in [0.3, 0.4) is 0 Å². The first-order chi connectivity index (χ1) is 14.0. The van der Waals surface area contributed by atoms with Crippen LogP contribution in [0.4, 0.5) is 0 Å². The van der Waals surface area contributed by atoms with Crippen molar-refractivity contribution in [1.29, 1.82) is 0 Å². The number of fused-ring (bicyclic) bond motifs is 1. The largest absolute Gasteiger partial charge is 0.376 e. The highest BCUT2D eigenvalue weighted by Crippen LogP contribution is 2.26. The molecule has 1 amide bonds. The Morgan fingerprint density at radius 3 is 2.76 bits per heavy atom. The van der Waals surface area contributed by atoms with Crippen molar-refractivity contribution in [3.63, 3.8) is 0 Å². The summed E-state index contributed by atoms with van der Waals surface area (Å²) in [4.78, 5) is 23.6. The number of aromatic nitrogens is 2. The second kappa shape index (κ2) is 8.47. The van der Waals surface area contributed by atoms with Crippen molar-refractivity contribution >= 4 is 28.4 Å². The second-order valence-corrected chi connectivity index (χ2v) is 8.01. The van der Waals surface area contributed by atoms with Crippen molar-refractivity contribution in [1.82, 2.24) is 14.9 Å². The van der Waals surface area contributed by atoms with Crippen LogP contribution in [-0.2, 0) is 11.3 Å². The maximum atomic E-state index is 13.2. The van der Waals surface area contributed by atoms with Gasteiger partial charge < -0.3 is 9.64 Å². The summed E-state index contributed by atoms with van der Waals surface area (Å²) < 4.78 is 5.78. The molecule has 1 aliphatic heterocycles. The molecule has 0 aliphatic carbocycles. The summed E-state index contributed by atoms with van der Waals surface area (Å²) in [7, 11) is 0. The maximum Gasteiger partial charge on any atom is 0.254 e. The lowest BCUT2D eigenvalue weighted by molar-refractivity contribution is 0.0507. The molecule has 5 nitrogen and oxygen atoms in total. The molecule has 150 valence electrons. The van der Waals surface area contributed by atoms with E-state index in [-0.39, 0.29) is 12.0 Å². The third-order valence-electron chi connectivity index (χ3n) is 5.30. The fraction of sp³-hybridized carbons (Fsp3) is 0.348. The minimum atomic E-state index is -0.0560.